The minimum atomic E-state index is -0.653. The molecule has 0 saturated heterocycles. The molecule has 3 aromatic rings. The highest BCUT2D eigenvalue weighted by atomic mass is 16.7. The lowest BCUT2D eigenvalue weighted by Crippen LogP contribution is -2.35. The minimum Gasteiger partial charge on any atom is -0.464 e. The highest BCUT2D eigenvalue weighted by molar-refractivity contribution is 6.08. The van der Waals surface area contributed by atoms with Crippen molar-refractivity contribution in [1.29, 1.82) is 0 Å². The number of rotatable bonds is 2. The molecule has 7 heteroatoms. The fraction of sp³-hybridized carbons (Fsp3) is 0.261. The monoisotopic (exact) mass is 405 g/mol. The largest absolute Gasteiger partial charge is 0.464 e. The molecular weight excluding hydrogens is 386 g/mol. The molecule has 3 aliphatic heterocycles. The lowest BCUT2D eigenvalue weighted by Gasteiger charge is -2.37. The van der Waals surface area contributed by atoms with Gasteiger partial charge in [0.25, 0.3) is 0 Å². The van der Waals surface area contributed by atoms with Gasteiger partial charge in [0.1, 0.15) is 0 Å². The van der Waals surface area contributed by atoms with Crippen LogP contribution in [0.2, 0.25) is 0 Å². The first-order valence-electron chi connectivity index (χ1n) is 9.86. The summed E-state index contributed by atoms with van der Waals surface area (Å²) < 4.78 is 27.9. The summed E-state index contributed by atoms with van der Waals surface area (Å²) in [6.07, 6.45) is 0. The Hall–Kier alpha value is -3.61. The maximum atomic E-state index is 13.1. The van der Waals surface area contributed by atoms with Crippen molar-refractivity contribution in [2.75, 3.05) is 32.1 Å². The number of benzene rings is 3. The molecule has 7 nitrogen and oxygen atoms in total. The molecule has 0 N–H and O–H groups in total. The Morgan fingerprint density at radius 1 is 1.00 bits per heavy atom. The van der Waals surface area contributed by atoms with Crippen LogP contribution in [0.4, 0.5) is 5.69 Å². The van der Waals surface area contributed by atoms with E-state index in [1.54, 1.807) is 6.92 Å². The number of carbonyl (C=O) groups is 1. The van der Waals surface area contributed by atoms with Crippen LogP contribution in [0.25, 0.3) is 21.9 Å². The Bertz CT molecular complexity index is 1220. The molecule has 3 aliphatic rings. The maximum absolute atomic E-state index is 13.1. The van der Waals surface area contributed by atoms with Crippen LogP contribution in [0.1, 0.15) is 18.5 Å². The van der Waals surface area contributed by atoms with Crippen molar-refractivity contribution in [3.8, 4) is 34.1 Å². The fourth-order valence-corrected chi connectivity index (χ4v) is 4.62. The average Bonchev–Trinajstić information content (AvgIpc) is 3.40. The molecular formula is C23H19NO6. The molecule has 3 aromatic carbocycles. The zero-order chi connectivity index (χ0) is 20.4. The number of nitrogens with zero attached hydrogens (tertiary/aromatic N) is 1. The van der Waals surface area contributed by atoms with E-state index >= 15 is 0 Å². The van der Waals surface area contributed by atoms with Crippen molar-refractivity contribution in [2.45, 2.75) is 13.0 Å². The smallest absolute Gasteiger partial charge is 0.333 e. The predicted molar refractivity (Wildman–Crippen MR) is 109 cm³/mol. The van der Waals surface area contributed by atoms with Crippen LogP contribution >= 0.6 is 0 Å². The third-order valence-electron chi connectivity index (χ3n) is 5.88. The van der Waals surface area contributed by atoms with Gasteiger partial charge in [0.15, 0.2) is 29.0 Å². The van der Waals surface area contributed by atoms with Gasteiger partial charge in [0.2, 0.25) is 13.6 Å². The van der Waals surface area contributed by atoms with Gasteiger partial charge in [-0.2, -0.15) is 0 Å². The summed E-state index contributed by atoms with van der Waals surface area (Å²) in [5.74, 6) is 2.35. The van der Waals surface area contributed by atoms with Gasteiger partial charge in [-0.3, -0.25) is 0 Å². The number of carbonyl (C=O) groups excluding carboxylic acids is 1. The van der Waals surface area contributed by atoms with Crippen molar-refractivity contribution >= 4 is 22.4 Å². The summed E-state index contributed by atoms with van der Waals surface area (Å²) in [4.78, 5) is 15.1. The van der Waals surface area contributed by atoms with Crippen LogP contribution in [0.3, 0.4) is 0 Å². The topological polar surface area (TPSA) is 66.5 Å². The lowest BCUT2D eigenvalue weighted by molar-refractivity contribution is -0.144. The van der Waals surface area contributed by atoms with Crippen LogP contribution < -0.4 is 23.8 Å². The second kappa shape index (κ2) is 6.19. The molecule has 0 bridgehead atoms. The zero-order valence-electron chi connectivity index (χ0n) is 16.6. The number of ether oxygens (including phenoxy) is 5. The molecule has 0 aliphatic carbocycles. The Morgan fingerprint density at radius 2 is 1.73 bits per heavy atom. The van der Waals surface area contributed by atoms with Crippen LogP contribution in [0.5, 0.6) is 23.0 Å². The van der Waals surface area contributed by atoms with Gasteiger partial charge >= 0.3 is 5.97 Å². The molecule has 0 aromatic heterocycles. The first kappa shape index (κ1) is 17.3. The zero-order valence-corrected chi connectivity index (χ0v) is 16.6. The van der Waals surface area contributed by atoms with Crippen molar-refractivity contribution in [1.82, 2.24) is 0 Å². The Morgan fingerprint density at radius 3 is 2.57 bits per heavy atom. The Kier molecular flexibility index (Phi) is 3.56. The summed E-state index contributed by atoms with van der Waals surface area (Å²) >= 11 is 0. The van der Waals surface area contributed by atoms with Crippen LogP contribution in [0, 0.1) is 0 Å². The third kappa shape index (κ3) is 2.23. The van der Waals surface area contributed by atoms with Gasteiger partial charge in [0.05, 0.1) is 12.3 Å². The second-order valence-corrected chi connectivity index (χ2v) is 7.41. The summed E-state index contributed by atoms with van der Waals surface area (Å²) in [5, 5.41) is 1.99. The fourth-order valence-electron chi connectivity index (χ4n) is 4.62. The first-order valence-corrected chi connectivity index (χ1v) is 9.86. The molecule has 152 valence electrons. The number of hydrogen-bond acceptors (Lipinski definition) is 7. The van der Waals surface area contributed by atoms with E-state index < -0.39 is 6.04 Å². The number of fused-ring (bicyclic) bond motifs is 8. The van der Waals surface area contributed by atoms with Crippen LogP contribution in [-0.2, 0) is 9.53 Å². The van der Waals surface area contributed by atoms with Crippen molar-refractivity contribution in [3.63, 3.8) is 0 Å². The Balaban J connectivity index is 1.66. The van der Waals surface area contributed by atoms with E-state index in [9.17, 15) is 4.79 Å². The van der Waals surface area contributed by atoms with E-state index in [4.69, 9.17) is 23.7 Å². The van der Waals surface area contributed by atoms with Crippen molar-refractivity contribution in [3.05, 3.63) is 42.0 Å². The van der Waals surface area contributed by atoms with E-state index in [1.807, 2.05) is 36.2 Å². The van der Waals surface area contributed by atoms with E-state index in [1.165, 1.54) is 0 Å². The highest BCUT2D eigenvalue weighted by Gasteiger charge is 2.40. The van der Waals surface area contributed by atoms with E-state index in [2.05, 4.69) is 12.1 Å². The average molecular weight is 405 g/mol. The Labute approximate surface area is 172 Å². The van der Waals surface area contributed by atoms with Crippen LogP contribution in [0.15, 0.2) is 36.4 Å². The van der Waals surface area contributed by atoms with E-state index in [-0.39, 0.29) is 19.6 Å². The summed E-state index contributed by atoms with van der Waals surface area (Å²) in [6.45, 7) is 2.45. The summed E-state index contributed by atoms with van der Waals surface area (Å²) in [5.41, 5.74) is 3.66. The maximum Gasteiger partial charge on any atom is 0.333 e. The lowest BCUT2D eigenvalue weighted by atomic mass is 9.85. The van der Waals surface area contributed by atoms with Gasteiger partial charge in [0, 0.05) is 23.6 Å². The SMILES string of the molecule is CCOC(=O)[C@@H]1c2c(ccc3c2OCO3)-c2ccc3cc4c(cc3c2N1C)OCO4. The molecule has 30 heavy (non-hydrogen) atoms. The molecule has 0 radical (unpaired) electrons. The molecule has 0 fully saturated rings. The van der Waals surface area contributed by atoms with Crippen molar-refractivity contribution < 1.29 is 28.5 Å². The number of anilines is 1. The first-order chi connectivity index (χ1) is 14.7. The molecule has 0 amide bonds. The quantitative estimate of drug-likeness (QED) is 0.597. The predicted octanol–water partition coefficient (Wildman–Crippen LogP) is 4.02. The van der Waals surface area contributed by atoms with E-state index in [0.717, 1.165) is 38.9 Å². The number of hydrogen-bond donors (Lipinski definition) is 0. The third-order valence-corrected chi connectivity index (χ3v) is 5.88. The van der Waals surface area contributed by atoms with Gasteiger partial charge < -0.3 is 28.6 Å². The van der Waals surface area contributed by atoms with Crippen molar-refractivity contribution in [2.24, 2.45) is 0 Å². The van der Waals surface area contributed by atoms with Gasteiger partial charge in [-0.05, 0) is 42.1 Å². The molecule has 0 unspecified atom stereocenters. The van der Waals surface area contributed by atoms with Gasteiger partial charge in [-0.1, -0.05) is 12.1 Å². The van der Waals surface area contributed by atoms with Gasteiger partial charge in [-0.15, -0.1) is 0 Å². The highest BCUT2D eigenvalue weighted by Crippen LogP contribution is 2.54. The molecule has 1 atom stereocenters. The van der Waals surface area contributed by atoms with Gasteiger partial charge in [-0.25, -0.2) is 4.79 Å². The summed E-state index contributed by atoms with van der Waals surface area (Å²) in [6, 6.07) is 11.3. The normalized spacial score (nSPS) is 17.7. The summed E-state index contributed by atoms with van der Waals surface area (Å²) in [7, 11) is 1.91. The molecule has 3 heterocycles. The second-order valence-electron chi connectivity index (χ2n) is 7.41. The minimum absolute atomic E-state index is 0.138. The van der Waals surface area contributed by atoms with E-state index in [0.29, 0.717) is 23.9 Å². The molecule has 0 spiro atoms. The molecule has 0 saturated carbocycles. The van der Waals surface area contributed by atoms with Crippen LogP contribution in [-0.4, -0.2) is 33.2 Å². The number of likely N-dealkylation sites (N-methyl/N-ethyl adjacent to an activating group) is 1. The number of esters is 1. The standard InChI is InChI=1S/C23H19NO6/c1-3-26-23(25)21-19-13(6-7-16-22(19)30-11-27-16)14-5-4-12-8-17-18(29-10-28-17)9-15(12)20(14)24(21)2/h4-9,21H,3,10-11H2,1-2H3/t21-/m0/s1. The molecule has 6 rings (SSSR count).